The lowest BCUT2D eigenvalue weighted by atomic mass is 10.2. The summed E-state index contributed by atoms with van der Waals surface area (Å²) in [7, 11) is 1.65. The second-order valence-electron chi connectivity index (χ2n) is 4.85. The number of hydrogen-bond donors (Lipinski definition) is 1. The molecule has 0 aliphatic carbocycles. The lowest BCUT2D eigenvalue weighted by Crippen LogP contribution is -2.28. The number of nitrogens with one attached hydrogen (secondary N) is 1. The molecule has 7 heteroatoms. The number of methoxy groups -OCH3 is 1. The van der Waals surface area contributed by atoms with E-state index >= 15 is 0 Å². The molecule has 1 amide bonds. The molecule has 1 aromatic carbocycles. The number of nitrogens with zero attached hydrogens (tertiary/aromatic N) is 2. The molecule has 0 saturated heterocycles. The minimum atomic E-state index is -0.134. The normalized spacial score (nSPS) is 12.5. The van der Waals surface area contributed by atoms with Crippen molar-refractivity contribution in [2.75, 3.05) is 13.7 Å². The Hall–Kier alpha value is -1.83. The fourth-order valence-electron chi connectivity index (χ4n) is 2.14. The number of fused-ring (bicyclic) bond motifs is 1. The van der Waals surface area contributed by atoms with E-state index in [0.717, 1.165) is 27.6 Å². The Morgan fingerprint density at radius 1 is 1.27 bits per heavy atom. The molecule has 114 valence electrons. The number of benzene rings is 1. The molecule has 0 radical (unpaired) electrons. The highest BCUT2D eigenvalue weighted by molar-refractivity contribution is 7.12. The van der Waals surface area contributed by atoms with Crippen molar-refractivity contribution in [2.24, 2.45) is 0 Å². The van der Waals surface area contributed by atoms with Crippen molar-refractivity contribution >= 4 is 40.0 Å². The molecule has 3 rings (SSSR count). The lowest BCUT2D eigenvalue weighted by Gasteiger charge is -2.14. The van der Waals surface area contributed by atoms with Crippen molar-refractivity contribution in [3.05, 3.63) is 45.6 Å². The molecule has 2 heterocycles. The molecular weight excluding hydrogens is 318 g/mol. The summed E-state index contributed by atoms with van der Waals surface area (Å²) in [6.07, 6.45) is -0.132. The summed E-state index contributed by atoms with van der Waals surface area (Å²) in [6, 6.07) is 9.41. The van der Waals surface area contributed by atoms with E-state index in [4.69, 9.17) is 4.74 Å². The summed E-state index contributed by atoms with van der Waals surface area (Å²) in [5.41, 5.74) is 2.14. The summed E-state index contributed by atoms with van der Waals surface area (Å²) >= 11 is 2.82. The highest BCUT2D eigenvalue weighted by atomic mass is 32.1. The quantitative estimate of drug-likeness (QED) is 0.779. The number of carbonyl (C=O) groups excluding carboxylic acids is 1. The molecule has 1 unspecified atom stereocenters. The Kier molecular flexibility index (Phi) is 4.47. The highest BCUT2D eigenvalue weighted by Crippen LogP contribution is 2.24. The van der Waals surface area contributed by atoms with Crippen LogP contribution in [0.4, 0.5) is 0 Å². The van der Waals surface area contributed by atoms with E-state index in [2.05, 4.69) is 27.1 Å². The Labute approximate surface area is 136 Å². The average Bonchev–Trinajstić information content (AvgIpc) is 3.15. The number of ether oxygens (including phenoxy) is 1. The van der Waals surface area contributed by atoms with E-state index in [-0.39, 0.29) is 12.0 Å². The van der Waals surface area contributed by atoms with Crippen molar-refractivity contribution in [2.45, 2.75) is 13.0 Å². The minimum absolute atomic E-state index is 0.132. The van der Waals surface area contributed by atoms with Gasteiger partial charge in [0.05, 0.1) is 11.7 Å². The molecule has 1 atom stereocenters. The van der Waals surface area contributed by atoms with Gasteiger partial charge in [-0.15, -0.1) is 11.3 Å². The largest absolute Gasteiger partial charge is 0.374 e. The van der Waals surface area contributed by atoms with Gasteiger partial charge >= 0.3 is 0 Å². The zero-order valence-electron chi connectivity index (χ0n) is 12.2. The zero-order valence-corrected chi connectivity index (χ0v) is 13.8. The molecule has 0 bridgehead atoms. The van der Waals surface area contributed by atoms with Gasteiger partial charge in [0, 0.05) is 29.0 Å². The summed E-state index contributed by atoms with van der Waals surface area (Å²) in [6.45, 7) is 2.49. The molecule has 0 spiro atoms. The third-order valence-corrected chi connectivity index (χ3v) is 4.98. The molecule has 3 aromatic rings. The van der Waals surface area contributed by atoms with Gasteiger partial charge in [-0.25, -0.2) is 0 Å². The number of thiophene rings is 1. The van der Waals surface area contributed by atoms with E-state index in [9.17, 15) is 4.79 Å². The third-order valence-electron chi connectivity index (χ3n) is 3.33. The van der Waals surface area contributed by atoms with Crippen molar-refractivity contribution in [3.8, 4) is 0 Å². The van der Waals surface area contributed by atoms with E-state index in [1.807, 2.05) is 12.1 Å². The number of aryl methyl sites for hydroxylation is 1. The molecule has 5 nitrogen and oxygen atoms in total. The van der Waals surface area contributed by atoms with Gasteiger partial charge in [-0.3, -0.25) is 4.79 Å². The van der Waals surface area contributed by atoms with Crippen molar-refractivity contribution < 1.29 is 9.53 Å². The second kappa shape index (κ2) is 6.51. The number of hydrogen-bond acceptors (Lipinski definition) is 6. The van der Waals surface area contributed by atoms with Gasteiger partial charge in [0.15, 0.2) is 0 Å². The first-order chi connectivity index (χ1) is 10.7. The molecule has 1 N–H and O–H groups in total. The van der Waals surface area contributed by atoms with Crippen LogP contribution in [0, 0.1) is 6.92 Å². The van der Waals surface area contributed by atoms with Gasteiger partial charge < -0.3 is 10.1 Å². The average molecular weight is 333 g/mol. The minimum Gasteiger partial charge on any atom is -0.374 e. The molecule has 0 aliphatic heterocycles. The van der Waals surface area contributed by atoms with Crippen LogP contribution in [0.15, 0.2) is 30.3 Å². The van der Waals surface area contributed by atoms with Gasteiger partial charge in [-0.1, -0.05) is 0 Å². The predicted molar refractivity (Wildman–Crippen MR) is 88.6 cm³/mol. The van der Waals surface area contributed by atoms with Gasteiger partial charge in [-0.2, -0.15) is 8.75 Å². The van der Waals surface area contributed by atoms with E-state index in [0.29, 0.717) is 12.1 Å². The van der Waals surface area contributed by atoms with E-state index in [1.165, 1.54) is 4.88 Å². The monoisotopic (exact) mass is 333 g/mol. The Bertz CT molecular complexity index is 797. The van der Waals surface area contributed by atoms with Crippen LogP contribution >= 0.6 is 23.1 Å². The Morgan fingerprint density at radius 2 is 2.09 bits per heavy atom. The standard InChI is InChI=1S/C15H15N3O2S2/c1-9-3-6-14(21-9)13(20-2)8-16-15(19)10-4-5-11-12(7-10)18-22-17-11/h3-7,13H,8H2,1-2H3,(H,16,19). The summed E-state index contributed by atoms with van der Waals surface area (Å²) in [5.74, 6) is -0.134. The molecule has 0 saturated carbocycles. The zero-order chi connectivity index (χ0) is 15.5. The first kappa shape index (κ1) is 15.1. The fraction of sp³-hybridized carbons (Fsp3) is 0.267. The number of amides is 1. The molecule has 2 aromatic heterocycles. The first-order valence-electron chi connectivity index (χ1n) is 6.77. The maximum Gasteiger partial charge on any atom is 0.251 e. The van der Waals surface area contributed by atoms with Crippen LogP contribution in [-0.2, 0) is 4.74 Å². The second-order valence-corrected chi connectivity index (χ2v) is 6.70. The number of aromatic nitrogens is 2. The molecule has 0 aliphatic rings. The van der Waals surface area contributed by atoms with Gasteiger partial charge in [-0.05, 0) is 37.3 Å². The van der Waals surface area contributed by atoms with Crippen LogP contribution in [0.1, 0.15) is 26.2 Å². The predicted octanol–water partition coefficient (Wildman–Crippen LogP) is 3.18. The first-order valence-corrected chi connectivity index (χ1v) is 8.31. The maximum absolute atomic E-state index is 12.3. The topological polar surface area (TPSA) is 64.1 Å². The van der Waals surface area contributed by atoms with Crippen LogP contribution in [0.2, 0.25) is 0 Å². The van der Waals surface area contributed by atoms with Gasteiger partial charge in [0.1, 0.15) is 17.1 Å². The summed E-state index contributed by atoms with van der Waals surface area (Å²) < 4.78 is 13.7. The Morgan fingerprint density at radius 3 is 2.82 bits per heavy atom. The Balaban J connectivity index is 1.68. The third kappa shape index (κ3) is 3.16. The van der Waals surface area contributed by atoms with Crippen LogP contribution in [0.3, 0.4) is 0 Å². The smallest absolute Gasteiger partial charge is 0.251 e. The van der Waals surface area contributed by atoms with Crippen molar-refractivity contribution in [3.63, 3.8) is 0 Å². The number of rotatable bonds is 5. The van der Waals surface area contributed by atoms with Gasteiger partial charge in [0.2, 0.25) is 0 Å². The summed E-state index contributed by atoms with van der Waals surface area (Å²) in [4.78, 5) is 14.6. The molecule has 0 fully saturated rings. The van der Waals surface area contributed by atoms with E-state index < -0.39 is 0 Å². The lowest BCUT2D eigenvalue weighted by molar-refractivity contribution is 0.0838. The highest BCUT2D eigenvalue weighted by Gasteiger charge is 2.15. The van der Waals surface area contributed by atoms with Crippen LogP contribution in [-0.4, -0.2) is 28.3 Å². The SMILES string of the molecule is COC(CNC(=O)c1ccc2nsnc2c1)c1ccc(C)s1. The van der Waals surface area contributed by atoms with Crippen LogP contribution < -0.4 is 5.32 Å². The molecular formula is C15H15N3O2S2. The van der Waals surface area contributed by atoms with Crippen molar-refractivity contribution in [1.82, 2.24) is 14.1 Å². The molecule has 22 heavy (non-hydrogen) atoms. The van der Waals surface area contributed by atoms with Gasteiger partial charge in [0.25, 0.3) is 5.91 Å². The van der Waals surface area contributed by atoms with Crippen LogP contribution in [0.25, 0.3) is 11.0 Å². The maximum atomic E-state index is 12.3. The number of carbonyl (C=O) groups is 1. The fourth-order valence-corrected chi connectivity index (χ4v) is 3.61. The van der Waals surface area contributed by atoms with Crippen molar-refractivity contribution in [1.29, 1.82) is 0 Å². The van der Waals surface area contributed by atoms with E-state index in [1.54, 1.807) is 30.6 Å². The summed E-state index contributed by atoms with van der Waals surface area (Å²) in [5, 5.41) is 2.91. The van der Waals surface area contributed by atoms with Crippen LogP contribution in [0.5, 0.6) is 0 Å².